The van der Waals surface area contributed by atoms with Crippen LogP contribution in [-0.2, 0) is 17.1 Å². The lowest BCUT2D eigenvalue weighted by Gasteiger charge is -2.20. The van der Waals surface area contributed by atoms with Gasteiger partial charge in [0.25, 0.3) is 10.0 Å². The second-order valence-electron chi connectivity index (χ2n) is 7.57. The predicted octanol–water partition coefficient (Wildman–Crippen LogP) is 3.19. The van der Waals surface area contributed by atoms with E-state index in [1.807, 2.05) is 0 Å². The lowest BCUT2D eigenvalue weighted by Crippen LogP contribution is -2.42. The molecule has 4 rings (SSSR count). The van der Waals surface area contributed by atoms with Crippen LogP contribution >= 0.6 is 11.6 Å². The fourth-order valence-electron chi connectivity index (χ4n) is 3.68. The van der Waals surface area contributed by atoms with E-state index in [2.05, 4.69) is 15.6 Å². The Balaban J connectivity index is 1.56. The average molecular weight is 478 g/mol. The molecule has 11 heteroatoms. The van der Waals surface area contributed by atoms with Gasteiger partial charge in [0.2, 0.25) is 0 Å². The fourth-order valence-corrected chi connectivity index (χ4v) is 5.27. The Labute approximate surface area is 190 Å². The van der Waals surface area contributed by atoms with E-state index < -0.39 is 27.9 Å². The SMILES string of the molecule is Cn1cnc(S(=O)(=O)N2C[C@H](NC(=O)Nc3ccc(Cl)cc3)[C@@H](c3ccc(F)cc3)C2)c1. The Morgan fingerprint density at radius 1 is 1.12 bits per heavy atom. The number of urea groups is 1. The molecule has 0 saturated carbocycles. The van der Waals surface area contributed by atoms with Crippen LogP contribution in [0.4, 0.5) is 14.9 Å². The summed E-state index contributed by atoms with van der Waals surface area (Å²) in [5.74, 6) is -0.764. The Morgan fingerprint density at radius 2 is 1.81 bits per heavy atom. The third kappa shape index (κ3) is 4.77. The standard InChI is InChI=1S/C21H21ClFN5O3S/c1-27-12-20(24-13-27)32(30,31)28-10-18(14-2-6-16(23)7-3-14)19(11-28)26-21(29)25-17-8-4-15(22)5-9-17/h2-9,12-13,18-19H,10-11H2,1H3,(H2,25,26,29)/t18-,19+/m1/s1. The number of benzene rings is 2. The molecule has 8 nitrogen and oxygen atoms in total. The number of rotatable bonds is 5. The molecule has 1 aliphatic heterocycles. The summed E-state index contributed by atoms with van der Waals surface area (Å²) in [6, 6.07) is 11.4. The first-order valence-electron chi connectivity index (χ1n) is 9.79. The first-order valence-corrected chi connectivity index (χ1v) is 11.6. The largest absolute Gasteiger partial charge is 0.339 e. The molecule has 1 saturated heterocycles. The van der Waals surface area contributed by atoms with Crippen LogP contribution in [0, 0.1) is 5.82 Å². The van der Waals surface area contributed by atoms with Crippen molar-refractivity contribution in [2.75, 3.05) is 18.4 Å². The van der Waals surface area contributed by atoms with E-state index in [1.165, 1.54) is 29.0 Å². The molecular weight excluding hydrogens is 457 g/mol. The summed E-state index contributed by atoms with van der Waals surface area (Å²) >= 11 is 5.87. The van der Waals surface area contributed by atoms with E-state index in [4.69, 9.17) is 11.6 Å². The monoisotopic (exact) mass is 477 g/mol. The minimum Gasteiger partial charge on any atom is -0.339 e. The summed E-state index contributed by atoms with van der Waals surface area (Å²) in [5.41, 5.74) is 1.27. The molecular formula is C21H21ClFN5O3S. The molecule has 0 aliphatic carbocycles. The summed E-state index contributed by atoms with van der Waals surface area (Å²) in [4.78, 5) is 16.6. The summed E-state index contributed by atoms with van der Waals surface area (Å²) in [6.07, 6.45) is 2.84. The minimum absolute atomic E-state index is 0.0506. The lowest BCUT2D eigenvalue weighted by molar-refractivity contribution is 0.248. The number of aromatic nitrogens is 2. The highest BCUT2D eigenvalue weighted by Crippen LogP contribution is 2.31. The maximum absolute atomic E-state index is 13.4. The minimum atomic E-state index is -3.86. The molecule has 2 atom stereocenters. The van der Waals surface area contributed by atoms with Crippen molar-refractivity contribution in [2.45, 2.75) is 17.0 Å². The molecule has 1 aromatic heterocycles. The van der Waals surface area contributed by atoms with Crippen molar-refractivity contribution in [3.63, 3.8) is 0 Å². The van der Waals surface area contributed by atoms with Gasteiger partial charge in [-0.3, -0.25) is 0 Å². The van der Waals surface area contributed by atoms with E-state index in [1.54, 1.807) is 48.0 Å². The molecule has 0 bridgehead atoms. The van der Waals surface area contributed by atoms with Crippen molar-refractivity contribution in [3.8, 4) is 0 Å². The van der Waals surface area contributed by atoms with Gasteiger partial charge in [-0.15, -0.1) is 0 Å². The lowest BCUT2D eigenvalue weighted by atomic mass is 9.94. The van der Waals surface area contributed by atoms with Gasteiger partial charge in [0.05, 0.1) is 12.4 Å². The maximum Gasteiger partial charge on any atom is 0.319 e. The third-order valence-electron chi connectivity index (χ3n) is 5.29. The van der Waals surface area contributed by atoms with Crippen LogP contribution in [0.1, 0.15) is 11.5 Å². The number of sulfonamides is 1. The molecule has 0 spiro atoms. The van der Waals surface area contributed by atoms with Crippen molar-refractivity contribution in [2.24, 2.45) is 7.05 Å². The molecule has 32 heavy (non-hydrogen) atoms. The van der Waals surface area contributed by atoms with Gasteiger partial charge in [-0.05, 0) is 42.0 Å². The van der Waals surface area contributed by atoms with Crippen molar-refractivity contribution in [1.82, 2.24) is 19.2 Å². The quantitative estimate of drug-likeness (QED) is 0.589. The van der Waals surface area contributed by atoms with Crippen LogP contribution in [-0.4, -0.2) is 47.4 Å². The zero-order valence-corrected chi connectivity index (χ0v) is 18.6. The molecule has 2 amide bonds. The summed E-state index contributed by atoms with van der Waals surface area (Å²) in [7, 11) is -2.18. The summed E-state index contributed by atoms with van der Waals surface area (Å²) in [6.45, 7) is 0.172. The number of hydrogen-bond donors (Lipinski definition) is 2. The smallest absolute Gasteiger partial charge is 0.319 e. The Morgan fingerprint density at radius 3 is 2.44 bits per heavy atom. The number of carbonyl (C=O) groups is 1. The third-order valence-corrected chi connectivity index (χ3v) is 7.26. The van der Waals surface area contributed by atoms with Crippen molar-refractivity contribution < 1.29 is 17.6 Å². The van der Waals surface area contributed by atoms with Gasteiger partial charge in [-0.1, -0.05) is 23.7 Å². The van der Waals surface area contributed by atoms with Gasteiger partial charge in [0.1, 0.15) is 5.82 Å². The molecule has 0 radical (unpaired) electrons. The number of nitrogens with zero attached hydrogens (tertiary/aromatic N) is 3. The number of aryl methyl sites for hydroxylation is 1. The highest BCUT2D eigenvalue weighted by Gasteiger charge is 2.41. The number of imidazole rings is 1. The maximum atomic E-state index is 13.4. The number of carbonyl (C=O) groups excluding carboxylic acids is 1. The van der Waals surface area contributed by atoms with E-state index in [9.17, 15) is 17.6 Å². The van der Waals surface area contributed by atoms with Crippen molar-refractivity contribution >= 4 is 33.3 Å². The number of hydrogen-bond acceptors (Lipinski definition) is 4. The van der Waals surface area contributed by atoms with Gasteiger partial charge in [-0.25, -0.2) is 22.6 Å². The van der Waals surface area contributed by atoms with Gasteiger partial charge in [0, 0.05) is 43.0 Å². The zero-order valence-electron chi connectivity index (χ0n) is 17.1. The van der Waals surface area contributed by atoms with E-state index >= 15 is 0 Å². The molecule has 2 N–H and O–H groups in total. The molecule has 3 aromatic rings. The Hall–Kier alpha value is -2.95. The first-order chi connectivity index (χ1) is 15.2. The van der Waals surface area contributed by atoms with Crippen molar-refractivity contribution in [3.05, 3.63) is 77.5 Å². The number of anilines is 1. The number of amides is 2. The Kier molecular flexibility index (Phi) is 6.18. The normalized spacial score (nSPS) is 19.1. The van der Waals surface area contributed by atoms with Crippen LogP contribution in [0.25, 0.3) is 0 Å². The first kappa shape index (κ1) is 22.3. The summed E-state index contributed by atoms with van der Waals surface area (Å²) < 4.78 is 42.4. The molecule has 2 heterocycles. The molecule has 1 fully saturated rings. The number of halogens is 2. The van der Waals surface area contributed by atoms with Gasteiger partial charge in [0.15, 0.2) is 5.03 Å². The van der Waals surface area contributed by atoms with Crippen LogP contribution in [0.2, 0.25) is 5.02 Å². The van der Waals surface area contributed by atoms with Gasteiger partial charge in [-0.2, -0.15) is 4.31 Å². The van der Waals surface area contributed by atoms with Crippen LogP contribution in [0.3, 0.4) is 0 Å². The summed E-state index contributed by atoms with van der Waals surface area (Å²) in [5, 5.41) is 6.04. The van der Waals surface area contributed by atoms with Crippen LogP contribution < -0.4 is 10.6 Å². The zero-order chi connectivity index (χ0) is 22.9. The van der Waals surface area contributed by atoms with Crippen LogP contribution in [0.5, 0.6) is 0 Å². The molecule has 1 aliphatic rings. The van der Waals surface area contributed by atoms with Gasteiger partial charge < -0.3 is 15.2 Å². The van der Waals surface area contributed by atoms with E-state index in [0.717, 1.165) is 5.56 Å². The van der Waals surface area contributed by atoms with Crippen LogP contribution in [0.15, 0.2) is 66.1 Å². The van der Waals surface area contributed by atoms with Crippen molar-refractivity contribution in [1.29, 1.82) is 0 Å². The molecule has 0 unspecified atom stereocenters. The van der Waals surface area contributed by atoms with E-state index in [0.29, 0.717) is 10.7 Å². The fraction of sp³-hybridized carbons (Fsp3) is 0.238. The number of nitrogens with one attached hydrogen (secondary N) is 2. The highest BCUT2D eigenvalue weighted by atomic mass is 35.5. The Bertz CT molecular complexity index is 1210. The van der Waals surface area contributed by atoms with Gasteiger partial charge >= 0.3 is 6.03 Å². The molecule has 2 aromatic carbocycles. The average Bonchev–Trinajstić information content (AvgIpc) is 3.38. The van der Waals surface area contributed by atoms with E-state index in [-0.39, 0.29) is 24.0 Å². The second kappa shape index (κ2) is 8.89. The topological polar surface area (TPSA) is 96.3 Å². The molecule has 168 valence electrons. The second-order valence-corrected chi connectivity index (χ2v) is 9.89. The highest BCUT2D eigenvalue weighted by molar-refractivity contribution is 7.89. The predicted molar refractivity (Wildman–Crippen MR) is 119 cm³/mol.